The van der Waals surface area contributed by atoms with Gasteiger partial charge in [0.25, 0.3) is 0 Å². The Hall–Kier alpha value is -2.21. The number of carbonyl (C=O) groups is 1. The van der Waals surface area contributed by atoms with E-state index in [-0.39, 0.29) is 0 Å². The van der Waals surface area contributed by atoms with Crippen LogP contribution in [-0.4, -0.2) is 28.4 Å². The van der Waals surface area contributed by atoms with Crippen molar-refractivity contribution in [2.45, 2.75) is 38.3 Å². The zero-order valence-corrected chi connectivity index (χ0v) is 19.1. The smallest absolute Gasteiger partial charge is 0.337 e. The lowest BCUT2D eigenvalue weighted by atomic mass is 10.1. The second kappa shape index (κ2) is 10.2. The predicted octanol–water partition coefficient (Wildman–Crippen LogP) is 5.56. The average Bonchev–Trinajstić information content (AvgIpc) is 2.97. The van der Waals surface area contributed by atoms with Crippen LogP contribution < -0.4 is 5.32 Å². The van der Waals surface area contributed by atoms with Crippen LogP contribution in [0.3, 0.4) is 0 Å². The highest BCUT2D eigenvalue weighted by atomic mass is 35.5. The summed E-state index contributed by atoms with van der Waals surface area (Å²) >= 11 is 7.72. The van der Waals surface area contributed by atoms with Crippen molar-refractivity contribution in [3.63, 3.8) is 0 Å². The van der Waals surface area contributed by atoms with Crippen LogP contribution in [0.4, 0.5) is 0 Å². The van der Waals surface area contributed by atoms with E-state index in [1.165, 1.54) is 10.5 Å². The number of rotatable bonds is 9. The van der Waals surface area contributed by atoms with Crippen molar-refractivity contribution in [1.82, 2.24) is 9.88 Å². The molecule has 6 heteroatoms. The van der Waals surface area contributed by atoms with Crippen LogP contribution in [0.2, 0.25) is 5.02 Å². The first-order valence-corrected chi connectivity index (χ1v) is 11.5. The normalized spacial score (nSPS) is 11.1. The lowest BCUT2D eigenvalue weighted by molar-refractivity contribution is 0.0694. The van der Waals surface area contributed by atoms with Gasteiger partial charge in [0.1, 0.15) is 0 Å². The maximum absolute atomic E-state index is 12.0. The van der Waals surface area contributed by atoms with Gasteiger partial charge in [-0.1, -0.05) is 35.9 Å². The number of carboxylic acids is 1. The molecule has 2 N–H and O–H groups in total. The number of hydrogen-bond donors (Lipinski definition) is 2. The van der Waals surface area contributed by atoms with Crippen molar-refractivity contribution in [3.05, 3.63) is 87.2 Å². The van der Waals surface area contributed by atoms with E-state index in [2.05, 4.69) is 40.4 Å². The summed E-state index contributed by atoms with van der Waals surface area (Å²) in [6, 6.07) is 16.2. The van der Waals surface area contributed by atoms with E-state index in [4.69, 9.17) is 11.6 Å². The van der Waals surface area contributed by atoms with Gasteiger partial charge in [-0.15, -0.1) is 11.8 Å². The fourth-order valence-electron chi connectivity index (χ4n) is 3.70. The Bertz CT molecular complexity index is 1010. The van der Waals surface area contributed by atoms with Gasteiger partial charge in [0.2, 0.25) is 0 Å². The Kier molecular flexibility index (Phi) is 7.64. The molecular formula is C24H27ClN2O2S. The zero-order chi connectivity index (χ0) is 21.7. The molecular weight excluding hydrogens is 416 g/mol. The number of carboxylic acid groups (broad SMARTS) is 1. The lowest BCUT2D eigenvalue weighted by Crippen LogP contribution is -2.18. The minimum absolute atomic E-state index is 0.401. The number of thioether (sulfide) groups is 1. The summed E-state index contributed by atoms with van der Waals surface area (Å²) in [6.07, 6.45) is 2.97. The second-order valence-corrected chi connectivity index (χ2v) is 8.63. The van der Waals surface area contributed by atoms with Crippen molar-refractivity contribution in [1.29, 1.82) is 0 Å². The maximum Gasteiger partial charge on any atom is 0.337 e. The number of nitrogens with one attached hydrogen (secondary N) is 1. The van der Waals surface area contributed by atoms with E-state index < -0.39 is 5.97 Å². The van der Waals surface area contributed by atoms with Gasteiger partial charge in [0.15, 0.2) is 0 Å². The quantitative estimate of drug-likeness (QED) is 0.336. The largest absolute Gasteiger partial charge is 0.478 e. The third-order valence-corrected chi connectivity index (χ3v) is 6.42. The van der Waals surface area contributed by atoms with Gasteiger partial charge in [0.05, 0.1) is 5.56 Å². The first-order chi connectivity index (χ1) is 14.4. The standard InChI is InChI=1S/C24H27ClN2O2S/c1-16-22(14-26-13-12-18-6-10-21(30-3)11-7-18)23(24(28)29)17(2)27(16)15-19-4-8-20(25)9-5-19/h4-11,26H,12-15H2,1-3H3,(H,28,29). The number of hydrogen-bond acceptors (Lipinski definition) is 3. The summed E-state index contributed by atoms with van der Waals surface area (Å²) in [5, 5.41) is 13.9. The molecule has 0 fully saturated rings. The van der Waals surface area contributed by atoms with Crippen LogP contribution in [0.15, 0.2) is 53.4 Å². The van der Waals surface area contributed by atoms with Gasteiger partial charge in [0, 0.05) is 40.0 Å². The van der Waals surface area contributed by atoms with E-state index >= 15 is 0 Å². The van der Waals surface area contributed by atoms with E-state index in [0.717, 1.165) is 35.5 Å². The number of aromatic nitrogens is 1. The van der Waals surface area contributed by atoms with Gasteiger partial charge in [-0.2, -0.15) is 0 Å². The van der Waals surface area contributed by atoms with Crippen molar-refractivity contribution in [3.8, 4) is 0 Å². The molecule has 0 radical (unpaired) electrons. The summed E-state index contributed by atoms with van der Waals surface area (Å²) in [6.45, 7) is 5.82. The molecule has 0 aliphatic carbocycles. The first kappa shape index (κ1) is 22.5. The summed E-state index contributed by atoms with van der Waals surface area (Å²) in [7, 11) is 0. The van der Waals surface area contributed by atoms with Gasteiger partial charge < -0.3 is 15.0 Å². The monoisotopic (exact) mass is 442 g/mol. The Labute approximate surface area is 187 Å². The number of nitrogens with zero attached hydrogens (tertiary/aromatic N) is 1. The molecule has 0 unspecified atom stereocenters. The van der Waals surface area contributed by atoms with E-state index in [1.807, 2.05) is 38.1 Å². The van der Waals surface area contributed by atoms with Crippen LogP contribution in [-0.2, 0) is 19.5 Å². The Morgan fingerprint density at radius 2 is 1.67 bits per heavy atom. The summed E-state index contributed by atoms with van der Waals surface area (Å²) < 4.78 is 2.07. The molecule has 2 aromatic carbocycles. The molecule has 0 aliphatic rings. The van der Waals surface area contributed by atoms with Crippen molar-refractivity contribution in [2.24, 2.45) is 0 Å². The highest BCUT2D eigenvalue weighted by Crippen LogP contribution is 2.24. The molecule has 30 heavy (non-hydrogen) atoms. The minimum Gasteiger partial charge on any atom is -0.478 e. The Morgan fingerprint density at radius 1 is 1.03 bits per heavy atom. The number of benzene rings is 2. The molecule has 0 aliphatic heterocycles. The van der Waals surface area contributed by atoms with Crippen molar-refractivity contribution in [2.75, 3.05) is 12.8 Å². The average molecular weight is 443 g/mol. The van der Waals surface area contributed by atoms with E-state index in [1.54, 1.807) is 11.8 Å². The Balaban J connectivity index is 1.71. The SMILES string of the molecule is CSc1ccc(CCNCc2c(C(=O)O)c(C)n(Cc3ccc(Cl)cc3)c2C)cc1. The lowest BCUT2D eigenvalue weighted by Gasteiger charge is -2.10. The molecule has 3 aromatic rings. The molecule has 0 amide bonds. The maximum atomic E-state index is 12.0. The molecule has 4 nitrogen and oxygen atoms in total. The zero-order valence-electron chi connectivity index (χ0n) is 17.5. The highest BCUT2D eigenvalue weighted by Gasteiger charge is 2.22. The molecule has 1 aromatic heterocycles. The topological polar surface area (TPSA) is 54.3 Å². The molecule has 0 saturated heterocycles. The molecule has 158 valence electrons. The van der Waals surface area contributed by atoms with Crippen LogP contribution in [0.25, 0.3) is 0 Å². The predicted molar refractivity (Wildman–Crippen MR) is 125 cm³/mol. The molecule has 0 bridgehead atoms. The van der Waals surface area contributed by atoms with Gasteiger partial charge in [-0.25, -0.2) is 4.79 Å². The molecule has 0 saturated carbocycles. The van der Waals surface area contributed by atoms with Crippen LogP contribution in [0.1, 0.15) is 38.4 Å². The first-order valence-electron chi connectivity index (χ1n) is 9.90. The van der Waals surface area contributed by atoms with Gasteiger partial charge in [-0.05, 0) is 68.5 Å². The number of halogens is 1. The molecule has 1 heterocycles. The van der Waals surface area contributed by atoms with Crippen LogP contribution in [0, 0.1) is 13.8 Å². The summed E-state index contributed by atoms with van der Waals surface area (Å²) in [5.41, 5.74) is 5.37. The fraction of sp³-hybridized carbons (Fsp3) is 0.292. The third-order valence-electron chi connectivity index (χ3n) is 5.43. The Morgan fingerprint density at radius 3 is 2.27 bits per heavy atom. The molecule has 0 atom stereocenters. The highest BCUT2D eigenvalue weighted by molar-refractivity contribution is 7.98. The summed E-state index contributed by atoms with van der Waals surface area (Å²) in [4.78, 5) is 13.2. The van der Waals surface area contributed by atoms with Crippen molar-refractivity contribution >= 4 is 29.3 Å². The summed E-state index contributed by atoms with van der Waals surface area (Å²) in [5.74, 6) is -0.880. The van der Waals surface area contributed by atoms with Gasteiger partial charge in [-0.3, -0.25) is 0 Å². The van der Waals surface area contributed by atoms with Gasteiger partial charge >= 0.3 is 5.97 Å². The van der Waals surface area contributed by atoms with Crippen molar-refractivity contribution < 1.29 is 9.90 Å². The number of aromatic carboxylic acids is 1. The third kappa shape index (κ3) is 5.28. The van der Waals surface area contributed by atoms with E-state index in [0.29, 0.717) is 23.7 Å². The fourth-order valence-corrected chi connectivity index (χ4v) is 4.23. The van der Waals surface area contributed by atoms with Crippen LogP contribution in [0.5, 0.6) is 0 Å². The van der Waals surface area contributed by atoms with E-state index in [9.17, 15) is 9.90 Å². The molecule has 3 rings (SSSR count). The second-order valence-electron chi connectivity index (χ2n) is 7.32. The minimum atomic E-state index is -0.880. The van der Waals surface area contributed by atoms with Crippen LogP contribution >= 0.6 is 23.4 Å². The molecule has 0 spiro atoms.